The quantitative estimate of drug-likeness (QED) is 0.914. The van der Waals surface area contributed by atoms with E-state index in [0.29, 0.717) is 12.0 Å². The highest BCUT2D eigenvalue weighted by atomic mass is 35.5. The van der Waals surface area contributed by atoms with Crippen molar-refractivity contribution >= 4 is 11.6 Å². The fourth-order valence-electron chi connectivity index (χ4n) is 3.88. The van der Waals surface area contributed by atoms with Gasteiger partial charge in [0.25, 0.3) is 0 Å². The van der Waals surface area contributed by atoms with E-state index in [4.69, 9.17) is 16.3 Å². The Morgan fingerprint density at radius 3 is 3.00 bits per heavy atom. The zero-order chi connectivity index (χ0) is 14.1. The molecule has 3 atom stereocenters. The standard InChI is InChI=1S/C17H24ClNO/c1-11-3-4-16(19-2)13(7-11)8-14-10-15(18)9-12-5-6-20-17(12)14/h9-11,13,16,19H,3-8H2,1-2H3. The van der Waals surface area contributed by atoms with Crippen LogP contribution in [0.1, 0.15) is 37.3 Å². The van der Waals surface area contributed by atoms with Crippen molar-refractivity contribution in [1.29, 1.82) is 0 Å². The average Bonchev–Trinajstić information content (AvgIpc) is 2.87. The van der Waals surface area contributed by atoms with Gasteiger partial charge in [-0.3, -0.25) is 0 Å². The van der Waals surface area contributed by atoms with Crippen LogP contribution in [0.3, 0.4) is 0 Å². The topological polar surface area (TPSA) is 21.3 Å². The van der Waals surface area contributed by atoms with Crippen LogP contribution in [0.4, 0.5) is 0 Å². The molecule has 0 spiro atoms. The SMILES string of the molecule is CNC1CCC(C)CC1Cc1cc(Cl)cc2c1OCC2. The summed E-state index contributed by atoms with van der Waals surface area (Å²) in [6.45, 7) is 3.18. The van der Waals surface area contributed by atoms with E-state index in [0.717, 1.165) is 36.1 Å². The molecule has 0 amide bonds. The minimum Gasteiger partial charge on any atom is -0.493 e. The molecule has 1 heterocycles. The molecule has 3 rings (SSSR count). The Morgan fingerprint density at radius 2 is 2.20 bits per heavy atom. The number of benzene rings is 1. The molecular formula is C17H24ClNO. The van der Waals surface area contributed by atoms with E-state index in [9.17, 15) is 0 Å². The van der Waals surface area contributed by atoms with Crippen molar-refractivity contribution in [3.05, 3.63) is 28.3 Å². The van der Waals surface area contributed by atoms with Gasteiger partial charge >= 0.3 is 0 Å². The normalized spacial score (nSPS) is 29.1. The molecule has 0 bridgehead atoms. The third kappa shape index (κ3) is 2.82. The van der Waals surface area contributed by atoms with Gasteiger partial charge in [-0.2, -0.15) is 0 Å². The molecule has 3 unspecified atom stereocenters. The Hall–Kier alpha value is -0.730. The lowest BCUT2D eigenvalue weighted by Gasteiger charge is -2.35. The minimum absolute atomic E-state index is 0.627. The molecule has 1 aromatic rings. The maximum absolute atomic E-state index is 6.27. The van der Waals surface area contributed by atoms with Crippen LogP contribution >= 0.6 is 11.6 Å². The maximum Gasteiger partial charge on any atom is 0.125 e. The van der Waals surface area contributed by atoms with Crippen molar-refractivity contribution in [3.8, 4) is 5.75 Å². The molecule has 2 aliphatic rings. The van der Waals surface area contributed by atoms with Gasteiger partial charge in [0.1, 0.15) is 5.75 Å². The highest BCUT2D eigenvalue weighted by Crippen LogP contribution is 2.38. The van der Waals surface area contributed by atoms with Crippen LogP contribution in [0.15, 0.2) is 12.1 Å². The van der Waals surface area contributed by atoms with E-state index in [1.165, 1.54) is 30.4 Å². The molecule has 110 valence electrons. The Kier molecular flexibility index (Phi) is 4.23. The predicted molar refractivity (Wildman–Crippen MR) is 83.7 cm³/mol. The highest BCUT2D eigenvalue weighted by molar-refractivity contribution is 6.30. The smallest absolute Gasteiger partial charge is 0.125 e. The third-order valence-corrected chi connectivity index (χ3v) is 5.14. The summed E-state index contributed by atoms with van der Waals surface area (Å²) < 4.78 is 5.84. The van der Waals surface area contributed by atoms with E-state index in [1.807, 2.05) is 0 Å². The van der Waals surface area contributed by atoms with Gasteiger partial charge in [-0.15, -0.1) is 0 Å². The molecule has 20 heavy (non-hydrogen) atoms. The number of fused-ring (bicyclic) bond motifs is 1. The van der Waals surface area contributed by atoms with Crippen LogP contribution < -0.4 is 10.1 Å². The van der Waals surface area contributed by atoms with Crippen molar-refractivity contribution in [3.63, 3.8) is 0 Å². The predicted octanol–water partition coefficient (Wildman–Crippen LogP) is 3.84. The van der Waals surface area contributed by atoms with Gasteiger partial charge in [-0.05, 0) is 67.8 Å². The van der Waals surface area contributed by atoms with Crippen LogP contribution in [0.2, 0.25) is 5.02 Å². The van der Waals surface area contributed by atoms with Crippen LogP contribution in [0, 0.1) is 11.8 Å². The van der Waals surface area contributed by atoms with Gasteiger partial charge in [0.15, 0.2) is 0 Å². The first-order valence-electron chi connectivity index (χ1n) is 7.78. The molecule has 0 saturated heterocycles. The summed E-state index contributed by atoms with van der Waals surface area (Å²) in [4.78, 5) is 0. The number of nitrogens with one attached hydrogen (secondary N) is 1. The number of hydrogen-bond acceptors (Lipinski definition) is 2. The zero-order valence-electron chi connectivity index (χ0n) is 12.4. The molecule has 3 heteroatoms. The molecule has 1 saturated carbocycles. The number of halogens is 1. The second-order valence-electron chi connectivity index (χ2n) is 6.43. The molecule has 1 aromatic carbocycles. The van der Waals surface area contributed by atoms with Gasteiger partial charge < -0.3 is 10.1 Å². The minimum atomic E-state index is 0.627. The average molecular weight is 294 g/mol. The zero-order valence-corrected chi connectivity index (χ0v) is 13.2. The van der Waals surface area contributed by atoms with Crippen molar-refractivity contribution in [2.45, 2.75) is 45.1 Å². The lowest BCUT2D eigenvalue weighted by molar-refractivity contribution is 0.218. The molecule has 2 nitrogen and oxygen atoms in total. The summed E-state index contributed by atoms with van der Waals surface area (Å²) in [5, 5.41) is 4.36. The van der Waals surface area contributed by atoms with E-state index in [2.05, 4.69) is 31.4 Å². The van der Waals surface area contributed by atoms with E-state index in [1.54, 1.807) is 0 Å². The van der Waals surface area contributed by atoms with Crippen LogP contribution in [-0.4, -0.2) is 19.7 Å². The van der Waals surface area contributed by atoms with E-state index in [-0.39, 0.29) is 0 Å². The number of ether oxygens (including phenoxy) is 1. The fraction of sp³-hybridized carbons (Fsp3) is 0.647. The summed E-state index contributed by atoms with van der Waals surface area (Å²) in [6, 6.07) is 4.80. The molecule has 1 N–H and O–H groups in total. The van der Waals surface area contributed by atoms with Crippen LogP contribution in [-0.2, 0) is 12.8 Å². The molecule has 1 fully saturated rings. The van der Waals surface area contributed by atoms with Gasteiger partial charge in [0.2, 0.25) is 0 Å². The maximum atomic E-state index is 6.27. The molecule has 0 radical (unpaired) electrons. The van der Waals surface area contributed by atoms with Gasteiger partial charge in [-0.25, -0.2) is 0 Å². The van der Waals surface area contributed by atoms with Crippen molar-refractivity contribution in [1.82, 2.24) is 5.32 Å². The summed E-state index contributed by atoms with van der Waals surface area (Å²) >= 11 is 6.27. The van der Waals surface area contributed by atoms with Gasteiger partial charge in [-0.1, -0.05) is 18.5 Å². The van der Waals surface area contributed by atoms with E-state index < -0.39 is 0 Å². The molecular weight excluding hydrogens is 270 g/mol. The third-order valence-electron chi connectivity index (χ3n) is 4.92. The van der Waals surface area contributed by atoms with Crippen molar-refractivity contribution in [2.75, 3.05) is 13.7 Å². The second-order valence-corrected chi connectivity index (χ2v) is 6.87. The van der Waals surface area contributed by atoms with Gasteiger partial charge in [0, 0.05) is 17.5 Å². The molecule has 0 aromatic heterocycles. The largest absolute Gasteiger partial charge is 0.493 e. The molecule has 1 aliphatic carbocycles. The Labute approximate surface area is 126 Å². The molecule has 1 aliphatic heterocycles. The first kappa shape index (κ1) is 14.2. The van der Waals surface area contributed by atoms with Crippen molar-refractivity contribution < 1.29 is 4.74 Å². The van der Waals surface area contributed by atoms with Crippen LogP contribution in [0.25, 0.3) is 0 Å². The summed E-state index contributed by atoms with van der Waals surface area (Å²) in [5.74, 6) is 2.63. The monoisotopic (exact) mass is 293 g/mol. The first-order chi connectivity index (χ1) is 9.67. The summed E-state index contributed by atoms with van der Waals surface area (Å²) in [5.41, 5.74) is 2.60. The lowest BCUT2D eigenvalue weighted by atomic mass is 9.76. The van der Waals surface area contributed by atoms with Crippen molar-refractivity contribution in [2.24, 2.45) is 11.8 Å². The Morgan fingerprint density at radius 1 is 1.35 bits per heavy atom. The fourth-order valence-corrected chi connectivity index (χ4v) is 4.15. The second kappa shape index (κ2) is 5.95. The lowest BCUT2D eigenvalue weighted by Crippen LogP contribution is -2.39. The highest BCUT2D eigenvalue weighted by Gasteiger charge is 2.29. The number of rotatable bonds is 3. The summed E-state index contributed by atoms with van der Waals surface area (Å²) in [6.07, 6.45) is 6.00. The van der Waals surface area contributed by atoms with E-state index >= 15 is 0 Å². The first-order valence-corrected chi connectivity index (χ1v) is 8.16. The Balaban J connectivity index is 1.83. The number of hydrogen-bond donors (Lipinski definition) is 1. The summed E-state index contributed by atoms with van der Waals surface area (Å²) in [7, 11) is 2.09. The Bertz CT molecular complexity index is 488. The van der Waals surface area contributed by atoms with Gasteiger partial charge in [0.05, 0.1) is 6.61 Å². The van der Waals surface area contributed by atoms with Crippen LogP contribution in [0.5, 0.6) is 5.75 Å².